The Morgan fingerprint density at radius 1 is 0.810 bits per heavy atom. The van der Waals surface area contributed by atoms with Crippen molar-refractivity contribution in [1.29, 1.82) is 0 Å². The second-order valence-electron chi connectivity index (χ2n) is 7.43. The molecule has 0 aromatic rings. The Balaban J connectivity index is 1.98. The van der Waals surface area contributed by atoms with Crippen LogP contribution in [0, 0.1) is 0 Å². The van der Waals surface area contributed by atoms with Crippen LogP contribution in [0.15, 0.2) is 0 Å². The molecule has 124 valence electrons. The molecular weight excluding hydrogens is 256 g/mol. The Bertz CT molecular complexity index is 256. The monoisotopic (exact) mass is 294 g/mol. The van der Waals surface area contributed by atoms with Gasteiger partial charge in [-0.05, 0) is 45.7 Å². The molecule has 2 fully saturated rings. The van der Waals surface area contributed by atoms with E-state index >= 15 is 0 Å². The largest absolute Gasteiger partial charge is 0.312 e. The Labute approximate surface area is 133 Å². The summed E-state index contributed by atoms with van der Waals surface area (Å²) in [6, 6.07) is 2.36. The fourth-order valence-electron chi connectivity index (χ4n) is 4.46. The van der Waals surface area contributed by atoms with E-state index < -0.39 is 0 Å². The molecule has 2 unspecified atom stereocenters. The van der Waals surface area contributed by atoms with E-state index in [1.54, 1.807) is 0 Å². The first-order chi connectivity index (χ1) is 10.3. The maximum Gasteiger partial charge on any atom is 0.0249 e. The lowest BCUT2D eigenvalue weighted by atomic mass is 9.89. The summed E-state index contributed by atoms with van der Waals surface area (Å²) in [5.41, 5.74) is 0. The fourth-order valence-corrected chi connectivity index (χ4v) is 4.46. The molecule has 0 radical (unpaired) electrons. The highest BCUT2D eigenvalue weighted by molar-refractivity contribution is 4.88. The zero-order valence-electron chi connectivity index (χ0n) is 14.6. The molecule has 0 spiro atoms. The molecule has 0 aromatic heterocycles. The van der Waals surface area contributed by atoms with Gasteiger partial charge in [0.1, 0.15) is 0 Å². The van der Waals surface area contributed by atoms with Gasteiger partial charge in [0.05, 0.1) is 0 Å². The van der Waals surface area contributed by atoms with E-state index in [1.807, 2.05) is 0 Å². The first-order valence-electron chi connectivity index (χ1n) is 9.78. The van der Waals surface area contributed by atoms with Gasteiger partial charge < -0.3 is 5.32 Å². The van der Waals surface area contributed by atoms with Crippen molar-refractivity contribution in [1.82, 2.24) is 10.2 Å². The second-order valence-corrected chi connectivity index (χ2v) is 7.43. The van der Waals surface area contributed by atoms with Crippen molar-refractivity contribution in [3.05, 3.63) is 0 Å². The Kier molecular flexibility index (Phi) is 8.10. The van der Waals surface area contributed by atoms with Crippen LogP contribution in [0.25, 0.3) is 0 Å². The summed E-state index contributed by atoms with van der Waals surface area (Å²) in [5.74, 6) is 0. The van der Waals surface area contributed by atoms with Crippen molar-refractivity contribution >= 4 is 0 Å². The average Bonchev–Trinajstić information content (AvgIpc) is 2.75. The molecule has 2 atom stereocenters. The molecule has 2 aliphatic carbocycles. The topological polar surface area (TPSA) is 15.3 Å². The summed E-state index contributed by atoms with van der Waals surface area (Å²) in [4.78, 5) is 2.80. The van der Waals surface area contributed by atoms with Crippen LogP contribution in [0.5, 0.6) is 0 Å². The van der Waals surface area contributed by atoms with Gasteiger partial charge in [0.2, 0.25) is 0 Å². The van der Waals surface area contributed by atoms with Crippen LogP contribution in [0.2, 0.25) is 0 Å². The predicted molar refractivity (Wildman–Crippen MR) is 92.8 cm³/mol. The molecule has 0 bridgehead atoms. The van der Waals surface area contributed by atoms with Crippen LogP contribution < -0.4 is 5.32 Å². The van der Waals surface area contributed by atoms with Crippen LogP contribution in [0.1, 0.15) is 90.4 Å². The molecule has 2 aliphatic rings. The number of likely N-dealkylation sites (N-methyl/N-ethyl adjacent to an activating group) is 1. The zero-order chi connectivity index (χ0) is 14.9. The van der Waals surface area contributed by atoms with E-state index in [2.05, 4.69) is 24.2 Å². The minimum absolute atomic E-state index is 0.735. The van der Waals surface area contributed by atoms with E-state index in [1.165, 1.54) is 90.0 Å². The summed E-state index contributed by atoms with van der Waals surface area (Å²) in [6.45, 7) is 3.49. The molecule has 0 aliphatic heterocycles. The van der Waals surface area contributed by atoms with Crippen molar-refractivity contribution in [2.45, 2.75) is 109 Å². The number of nitrogens with one attached hydrogen (secondary N) is 1. The minimum Gasteiger partial charge on any atom is -0.312 e. The summed E-state index contributed by atoms with van der Waals surface area (Å²) in [5, 5.41) is 3.88. The molecule has 0 heterocycles. The first-order valence-corrected chi connectivity index (χ1v) is 9.78. The van der Waals surface area contributed by atoms with E-state index in [0.29, 0.717) is 0 Å². The van der Waals surface area contributed by atoms with Crippen LogP contribution in [0.3, 0.4) is 0 Å². The van der Waals surface area contributed by atoms with Gasteiger partial charge in [0.15, 0.2) is 0 Å². The Morgan fingerprint density at radius 2 is 1.38 bits per heavy atom. The second kappa shape index (κ2) is 9.84. The molecule has 1 N–H and O–H groups in total. The van der Waals surface area contributed by atoms with Gasteiger partial charge in [-0.2, -0.15) is 0 Å². The molecule has 2 heteroatoms. The quantitative estimate of drug-likeness (QED) is 0.737. The van der Waals surface area contributed by atoms with Gasteiger partial charge in [0.25, 0.3) is 0 Å². The summed E-state index contributed by atoms with van der Waals surface area (Å²) < 4.78 is 0. The number of hydrogen-bond acceptors (Lipinski definition) is 2. The smallest absolute Gasteiger partial charge is 0.0249 e. The maximum atomic E-state index is 3.88. The van der Waals surface area contributed by atoms with E-state index in [0.717, 1.165) is 18.1 Å². The van der Waals surface area contributed by atoms with E-state index in [4.69, 9.17) is 0 Å². The molecule has 0 saturated heterocycles. The summed E-state index contributed by atoms with van der Waals surface area (Å²) >= 11 is 0. The van der Waals surface area contributed by atoms with Crippen molar-refractivity contribution < 1.29 is 0 Å². The van der Waals surface area contributed by atoms with Crippen molar-refractivity contribution in [2.75, 3.05) is 13.6 Å². The SMILES string of the molecule is CCCNC1CCCCCCC1N(C)C1CCCCCC1. The molecule has 0 aromatic carbocycles. The molecule has 2 nitrogen and oxygen atoms in total. The highest BCUT2D eigenvalue weighted by atomic mass is 15.2. The maximum absolute atomic E-state index is 3.88. The third-order valence-corrected chi connectivity index (χ3v) is 5.81. The highest BCUT2D eigenvalue weighted by Crippen LogP contribution is 2.27. The third kappa shape index (κ3) is 5.56. The first kappa shape index (κ1) is 17.3. The average molecular weight is 295 g/mol. The Hall–Kier alpha value is -0.0800. The lowest BCUT2D eigenvalue weighted by Crippen LogP contribution is -2.52. The molecular formula is C19H38N2. The lowest BCUT2D eigenvalue weighted by molar-refractivity contribution is 0.107. The van der Waals surface area contributed by atoms with Gasteiger partial charge in [-0.1, -0.05) is 58.3 Å². The van der Waals surface area contributed by atoms with Crippen LogP contribution >= 0.6 is 0 Å². The predicted octanol–water partition coefficient (Wildman–Crippen LogP) is 4.73. The molecule has 2 rings (SSSR count). The van der Waals surface area contributed by atoms with Crippen molar-refractivity contribution in [3.8, 4) is 0 Å². The Morgan fingerprint density at radius 3 is 2.00 bits per heavy atom. The van der Waals surface area contributed by atoms with Gasteiger partial charge in [-0.25, -0.2) is 0 Å². The normalized spacial score (nSPS) is 29.9. The number of nitrogens with zero attached hydrogens (tertiary/aromatic N) is 1. The summed E-state index contributed by atoms with van der Waals surface area (Å²) in [7, 11) is 2.43. The number of rotatable bonds is 5. The highest BCUT2D eigenvalue weighted by Gasteiger charge is 2.29. The van der Waals surface area contributed by atoms with Gasteiger partial charge >= 0.3 is 0 Å². The lowest BCUT2D eigenvalue weighted by Gasteiger charge is -2.41. The van der Waals surface area contributed by atoms with E-state index in [-0.39, 0.29) is 0 Å². The fraction of sp³-hybridized carbons (Fsp3) is 1.00. The zero-order valence-corrected chi connectivity index (χ0v) is 14.6. The van der Waals surface area contributed by atoms with Crippen molar-refractivity contribution in [2.24, 2.45) is 0 Å². The standard InChI is InChI=1S/C19H38N2/c1-3-16-20-18-14-10-6-7-11-15-19(18)21(2)17-12-8-4-5-9-13-17/h17-20H,3-16H2,1-2H3. The third-order valence-electron chi connectivity index (χ3n) is 5.81. The summed E-state index contributed by atoms with van der Waals surface area (Å²) in [6.07, 6.45) is 18.5. The molecule has 2 saturated carbocycles. The van der Waals surface area contributed by atoms with Gasteiger partial charge in [0, 0.05) is 18.1 Å². The van der Waals surface area contributed by atoms with Gasteiger partial charge in [-0.15, -0.1) is 0 Å². The molecule has 21 heavy (non-hydrogen) atoms. The van der Waals surface area contributed by atoms with Gasteiger partial charge in [-0.3, -0.25) is 4.90 Å². The van der Waals surface area contributed by atoms with Crippen LogP contribution in [-0.2, 0) is 0 Å². The van der Waals surface area contributed by atoms with Crippen molar-refractivity contribution in [3.63, 3.8) is 0 Å². The van der Waals surface area contributed by atoms with E-state index in [9.17, 15) is 0 Å². The minimum atomic E-state index is 0.735. The molecule has 0 amide bonds. The number of hydrogen-bond donors (Lipinski definition) is 1. The van der Waals surface area contributed by atoms with Crippen LogP contribution in [-0.4, -0.2) is 36.6 Å². The van der Waals surface area contributed by atoms with Crippen LogP contribution in [0.4, 0.5) is 0 Å².